The molecular formula is C16H19NO3S2. The molecule has 0 bridgehead atoms. The first kappa shape index (κ1) is 15.7. The van der Waals surface area contributed by atoms with Crippen LogP contribution in [0, 0.1) is 0 Å². The molecule has 0 amide bonds. The Morgan fingerprint density at radius 3 is 2.68 bits per heavy atom. The fourth-order valence-corrected chi connectivity index (χ4v) is 5.78. The van der Waals surface area contributed by atoms with Crippen LogP contribution in [-0.4, -0.2) is 30.4 Å². The fraction of sp³-hybridized carbons (Fsp3) is 0.375. The normalized spacial score (nSPS) is 21.0. The van der Waals surface area contributed by atoms with Crippen molar-refractivity contribution < 1.29 is 13.5 Å². The van der Waals surface area contributed by atoms with Gasteiger partial charge in [0.1, 0.15) is 4.21 Å². The first-order chi connectivity index (χ1) is 10.6. The van der Waals surface area contributed by atoms with Crippen LogP contribution in [0.4, 0.5) is 0 Å². The van der Waals surface area contributed by atoms with E-state index in [1.807, 2.05) is 30.3 Å². The second kappa shape index (κ2) is 6.50. The van der Waals surface area contributed by atoms with Crippen molar-refractivity contribution in [1.82, 2.24) is 4.31 Å². The molecule has 118 valence electrons. The molecule has 2 aromatic rings. The lowest BCUT2D eigenvalue weighted by Gasteiger charge is -2.25. The summed E-state index contributed by atoms with van der Waals surface area (Å²) in [7, 11) is -3.43. The van der Waals surface area contributed by atoms with Gasteiger partial charge in [-0.25, -0.2) is 8.42 Å². The monoisotopic (exact) mass is 337 g/mol. The van der Waals surface area contributed by atoms with Crippen LogP contribution in [0.1, 0.15) is 30.9 Å². The number of aliphatic hydroxyl groups is 1. The van der Waals surface area contributed by atoms with Gasteiger partial charge in [-0.05, 0) is 36.3 Å². The van der Waals surface area contributed by atoms with Crippen LogP contribution in [0.25, 0.3) is 0 Å². The summed E-state index contributed by atoms with van der Waals surface area (Å²) in [6.45, 7) is 0.534. The standard InChI is InChI=1S/C16H19NO3S2/c18-15(13-6-2-1-3-7-13)12-14-8-4-10-17(14)22(19,20)16-9-5-11-21-16/h1-3,5-7,9,11,14-15,18H,4,8,10,12H2/t14-,15-/m1/s1. The summed E-state index contributed by atoms with van der Waals surface area (Å²) < 4.78 is 27.3. The van der Waals surface area contributed by atoms with Crippen LogP contribution in [-0.2, 0) is 10.0 Å². The predicted octanol–water partition coefficient (Wildman–Crippen LogP) is 3.02. The van der Waals surface area contributed by atoms with Crippen LogP contribution in [0.2, 0.25) is 0 Å². The molecule has 1 fully saturated rings. The van der Waals surface area contributed by atoms with Gasteiger partial charge in [-0.1, -0.05) is 36.4 Å². The highest BCUT2D eigenvalue weighted by atomic mass is 32.2. The number of aliphatic hydroxyl groups excluding tert-OH is 1. The lowest BCUT2D eigenvalue weighted by molar-refractivity contribution is 0.142. The van der Waals surface area contributed by atoms with E-state index in [0.29, 0.717) is 17.2 Å². The molecule has 0 saturated carbocycles. The Morgan fingerprint density at radius 1 is 1.23 bits per heavy atom. The van der Waals surface area contributed by atoms with Crippen molar-refractivity contribution in [3.8, 4) is 0 Å². The third kappa shape index (κ3) is 3.10. The zero-order chi connectivity index (χ0) is 15.6. The minimum Gasteiger partial charge on any atom is -0.388 e. The average Bonchev–Trinajstić information content (AvgIpc) is 3.20. The van der Waals surface area contributed by atoms with E-state index in [2.05, 4.69) is 0 Å². The average molecular weight is 337 g/mol. The van der Waals surface area contributed by atoms with E-state index in [4.69, 9.17) is 0 Å². The summed E-state index contributed by atoms with van der Waals surface area (Å²) >= 11 is 1.24. The molecule has 1 aliphatic rings. The van der Waals surface area contributed by atoms with Crippen molar-refractivity contribution in [3.63, 3.8) is 0 Å². The smallest absolute Gasteiger partial charge is 0.252 e. The Kier molecular flexibility index (Phi) is 4.63. The Balaban J connectivity index is 1.77. The van der Waals surface area contributed by atoms with Gasteiger partial charge in [0.25, 0.3) is 10.0 Å². The molecule has 1 N–H and O–H groups in total. The van der Waals surface area contributed by atoms with Crippen molar-refractivity contribution in [2.24, 2.45) is 0 Å². The van der Waals surface area contributed by atoms with Gasteiger partial charge in [0.15, 0.2) is 0 Å². The summed E-state index contributed by atoms with van der Waals surface area (Å²) in [5.74, 6) is 0. The molecule has 1 aromatic carbocycles. The van der Waals surface area contributed by atoms with Gasteiger partial charge in [0.2, 0.25) is 0 Å². The summed E-state index contributed by atoms with van der Waals surface area (Å²) in [4.78, 5) is 0. The molecule has 6 heteroatoms. The maximum Gasteiger partial charge on any atom is 0.252 e. The third-order valence-corrected chi connectivity index (χ3v) is 7.39. The summed E-state index contributed by atoms with van der Waals surface area (Å²) in [6, 6.07) is 12.7. The number of thiophene rings is 1. The molecule has 1 aromatic heterocycles. The van der Waals surface area contributed by atoms with Gasteiger partial charge in [0.05, 0.1) is 6.10 Å². The topological polar surface area (TPSA) is 57.6 Å². The number of sulfonamides is 1. The lowest BCUT2D eigenvalue weighted by atomic mass is 10.0. The van der Waals surface area contributed by atoms with E-state index in [-0.39, 0.29) is 6.04 Å². The molecule has 3 rings (SSSR count). The molecule has 0 unspecified atom stereocenters. The second-order valence-corrected chi connectivity index (χ2v) is 8.57. The molecule has 0 spiro atoms. The Bertz CT molecular complexity index is 698. The van der Waals surface area contributed by atoms with Crippen molar-refractivity contribution >= 4 is 21.4 Å². The van der Waals surface area contributed by atoms with Gasteiger partial charge < -0.3 is 5.11 Å². The Labute approximate surface area is 135 Å². The molecular weight excluding hydrogens is 318 g/mol. The van der Waals surface area contributed by atoms with Crippen molar-refractivity contribution in [2.75, 3.05) is 6.54 Å². The minimum atomic E-state index is -3.43. The zero-order valence-electron chi connectivity index (χ0n) is 12.1. The van der Waals surface area contributed by atoms with Crippen molar-refractivity contribution in [3.05, 3.63) is 53.4 Å². The van der Waals surface area contributed by atoms with Crippen LogP contribution >= 0.6 is 11.3 Å². The van der Waals surface area contributed by atoms with Gasteiger partial charge in [0, 0.05) is 12.6 Å². The van der Waals surface area contributed by atoms with Crippen LogP contribution in [0.3, 0.4) is 0 Å². The molecule has 4 nitrogen and oxygen atoms in total. The fourth-order valence-electron chi connectivity index (χ4n) is 2.96. The molecule has 0 radical (unpaired) electrons. The van der Waals surface area contributed by atoms with Crippen LogP contribution in [0.5, 0.6) is 0 Å². The highest BCUT2D eigenvalue weighted by molar-refractivity contribution is 7.91. The highest BCUT2D eigenvalue weighted by Crippen LogP contribution is 2.33. The van der Waals surface area contributed by atoms with Gasteiger partial charge in [-0.2, -0.15) is 4.31 Å². The van der Waals surface area contributed by atoms with E-state index in [0.717, 1.165) is 18.4 Å². The first-order valence-electron chi connectivity index (χ1n) is 7.37. The van der Waals surface area contributed by atoms with Crippen molar-refractivity contribution in [1.29, 1.82) is 0 Å². The van der Waals surface area contributed by atoms with Crippen LogP contribution < -0.4 is 0 Å². The number of hydrogen-bond donors (Lipinski definition) is 1. The highest BCUT2D eigenvalue weighted by Gasteiger charge is 2.36. The molecule has 1 saturated heterocycles. The molecule has 1 aliphatic heterocycles. The number of hydrogen-bond acceptors (Lipinski definition) is 4. The van der Waals surface area contributed by atoms with E-state index in [1.165, 1.54) is 11.3 Å². The number of nitrogens with zero attached hydrogens (tertiary/aromatic N) is 1. The molecule has 22 heavy (non-hydrogen) atoms. The maximum absolute atomic E-state index is 12.7. The number of benzene rings is 1. The van der Waals surface area contributed by atoms with E-state index < -0.39 is 16.1 Å². The van der Waals surface area contributed by atoms with Crippen LogP contribution in [0.15, 0.2) is 52.1 Å². The quantitative estimate of drug-likeness (QED) is 0.912. The Morgan fingerprint density at radius 2 is 2.00 bits per heavy atom. The number of rotatable bonds is 5. The Hall–Kier alpha value is -1.21. The largest absolute Gasteiger partial charge is 0.388 e. The zero-order valence-corrected chi connectivity index (χ0v) is 13.8. The van der Waals surface area contributed by atoms with E-state index in [1.54, 1.807) is 21.8 Å². The third-order valence-electron chi connectivity index (χ3n) is 4.06. The molecule has 0 aliphatic carbocycles. The second-order valence-electron chi connectivity index (χ2n) is 5.51. The molecule has 2 heterocycles. The first-order valence-corrected chi connectivity index (χ1v) is 9.69. The summed E-state index contributed by atoms with van der Waals surface area (Å²) in [5, 5.41) is 12.2. The minimum absolute atomic E-state index is 0.137. The van der Waals surface area contributed by atoms with Gasteiger partial charge in [-0.3, -0.25) is 0 Å². The predicted molar refractivity (Wildman–Crippen MR) is 87.3 cm³/mol. The van der Waals surface area contributed by atoms with E-state index >= 15 is 0 Å². The SMILES string of the molecule is O=S(=O)(c1cccs1)N1CCC[C@@H]1C[C@@H](O)c1ccccc1. The van der Waals surface area contributed by atoms with E-state index in [9.17, 15) is 13.5 Å². The van der Waals surface area contributed by atoms with Gasteiger partial charge >= 0.3 is 0 Å². The summed E-state index contributed by atoms with van der Waals surface area (Å²) in [6.07, 6.45) is 1.45. The van der Waals surface area contributed by atoms with Gasteiger partial charge in [-0.15, -0.1) is 11.3 Å². The lowest BCUT2D eigenvalue weighted by Crippen LogP contribution is -2.36. The summed E-state index contributed by atoms with van der Waals surface area (Å²) in [5.41, 5.74) is 0.836. The molecule has 2 atom stereocenters. The van der Waals surface area contributed by atoms with Crippen molar-refractivity contribution in [2.45, 2.75) is 35.6 Å². The maximum atomic E-state index is 12.7.